The van der Waals surface area contributed by atoms with Crippen molar-refractivity contribution in [3.8, 4) is 0 Å². The van der Waals surface area contributed by atoms with Crippen molar-refractivity contribution in [1.29, 1.82) is 0 Å². The molecule has 0 aliphatic carbocycles. The highest BCUT2D eigenvalue weighted by Gasteiger charge is 2.30. The van der Waals surface area contributed by atoms with Crippen LogP contribution in [0.4, 0.5) is 35.0 Å². The van der Waals surface area contributed by atoms with Crippen molar-refractivity contribution < 1.29 is 22.8 Å². The summed E-state index contributed by atoms with van der Waals surface area (Å²) in [7, 11) is 0. The van der Waals surface area contributed by atoms with Crippen LogP contribution in [0.3, 0.4) is 0 Å². The first-order valence-electron chi connectivity index (χ1n) is 6.87. The molecule has 0 atom stereocenters. The predicted molar refractivity (Wildman–Crippen MR) is 92.1 cm³/mol. The monoisotopic (exact) mass is 373 g/mol. The zero-order valence-corrected chi connectivity index (χ0v) is 13.8. The van der Waals surface area contributed by atoms with Crippen molar-refractivity contribution in [2.24, 2.45) is 0 Å². The van der Waals surface area contributed by atoms with Gasteiger partial charge in [0.2, 0.25) is 5.91 Å². The Balaban J connectivity index is 0.00000312. The quantitative estimate of drug-likeness (QED) is 0.728. The molecule has 2 rings (SSSR count). The summed E-state index contributed by atoms with van der Waals surface area (Å²) in [5.74, 6) is -0.224. The number of benzene rings is 2. The number of carbonyl (C=O) groups excluding carboxylic acids is 2. The van der Waals surface area contributed by atoms with Crippen molar-refractivity contribution in [1.82, 2.24) is 0 Å². The molecule has 3 amide bonds. The Hall–Kier alpha value is -2.74. The maximum Gasteiger partial charge on any atom is 0.416 e. The van der Waals surface area contributed by atoms with E-state index in [2.05, 4.69) is 16.0 Å². The third kappa shape index (κ3) is 6.34. The van der Waals surface area contributed by atoms with Gasteiger partial charge >= 0.3 is 12.2 Å². The van der Waals surface area contributed by atoms with E-state index in [9.17, 15) is 22.8 Å². The molecule has 0 unspecified atom stereocenters. The number of urea groups is 1. The molecular weight excluding hydrogens is 359 g/mol. The first-order chi connectivity index (χ1) is 11.2. The zero-order chi connectivity index (χ0) is 17.7. The number of anilines is 3. The van der Waals surface area contributed by atoms with Crippen LogP contribution in [-0.4, -0.2) is 11.9 Å². The van der Waals surface area contributed by atoms with Crippen molar-refractivity contribution in [3.63, 3.8) is 0 Å². The van der Waals surface area contributed by atoms with Gasteiger partial charge in [0.15, 0.2) is 0 Å². The summed E-state index contributed by atoms with van der Waals surface area (Å²) < 4.78 is 37.9. The van der Waals surface area contributed by atoms with Crippen LogP contribution in [0.5, 0.6) is 0 Å². The number of nitrogens with one attached hydrogen (secondary N) is 3. The van der Waals surface area contributed by atoms with Gasteiger partial charge in [0, 0.05) is 24.0 Å². The van der Waals surface area contributed by atoms with Crippen LogP contribution in [0, 0.1) is 0 Å². The molecule has 0 saturated heterocycles. The lowest BCUT2D eigenvalue weighted by molar-refractivity contribution is -0.137. The minimum Gasteiger partial charge on any atom is -0.326 e. The molecule has 0 heterocycles. The van der Waals surface area contributed by atoms with Crippen molar-refractivity contribution in [2.45, 2.75) is 13.1 Å². The fraction of sp³-hybridized carbons (Fsp3) is 0.125. The summed E-state index contributed by atoms with van der Waals surface area (Å²) in [6.07, 6.45) is -4.48. The number of rotatable bonds is 3. The Morgan fingerprint density at radius 2 is 1.36 bits per heavy atom. The largest absolute Gasteiger partial charge is 0.416 e. The standard InChI is InChI=1S/C16H14F3N3O2.ClH/c1-10(23)20-12-5-7-13(8-6-12)21-15(24)22-14-4-2-3-11(9-14)16(17,18)19;/h2-9H,1H3,(H,20,23)(H2,21,22,24);1H. The Morgan fingerprint density at radius 1 is 0.840 bits per heavy atom. The highest BCUT2D eigenvalue weighted by atomic mass is 35.5. The molecule has 0 spiro atoms. The molecule has 0 saturated carbocycles. The number of carbonyl (C=O) groups is 2. The summed E-state index contributed by atoms with van der Waals surface area (Å²) in [6.45, 7) is 1.37. The summed E-state index contributed by atoms with van der Waals surface area (Å²) >= 11 is 0. The Labute approximate surface area is 148 Å². The topological polar surface area (TPSA) is 70.2 Å². The second-order valence-electron chi connectivity index (χ2n) is 4.92. The molecule has 0 aliphatic rings. The van der Waals surface area contributed by atoms with E-state index in [1.165, 1.54) is 19.1 Å². The minimum atomic E-state index is -4.48. The fourth-order valence-corrected chi connectivity index (χ4v) is 1.91. The summed E-state index contributed by atoms with van der Waals surface area (Å²) in [5, 5.41) is 7.39. The molecular formula is C16H15ClF3N3O2. The number of alkyl halides is 3. The molecule has 0 aromatic heterocycles. The molecule has 0 aliphatic heterocycles. The van der Waals surface area contributed by atoms with Gasteiger partial charge in [-0.25, -0.2) is 4.79 Å². The Bertz CT molecular complexity index is 749. The third-order valence-electron chi connectivity index (χ3n) is 2.91. The van der Waals surface area contributed by atoms with Gasteiger partial charge in [0.25, 0.3) is 0 Å². The number of amides is 3. The summed E-state index contributed by atoms with van der Waals surface area (Å²) in [6, 6.07) is 9.93. The number of hydrogen-bond acceptors (Lipinski definition) is 2. The van der Waals surface area contributed by atoms with Gasteiger partial charge in [-0.3, -0.25) is 4.79 Å². The lowest BCUT2D eigenvalue weighted by atomic mass is 10.2. The zero-order valence-electron chi connectivity index (χ0n) is 13.0. The van der Waals surface area contributed by atoms with Gasteiger partial charge in [-0.15, -0.1) is 12.4 Å². The second kappa shape index (κ2) is 8.39. The van der Waals surface area contributed by atoms with Crippen molar-refractivity contribution >= 4 is 41.4 Å². The van der Waals surface area contributed by atoms with Gasteiger partial charge in [0.1, 0.15) is 0 Å². The molecule has 25 heavy (non-hydrogen) atoms. The lowest BCUT2D eigenvalue weighted by Gasteiger charge is -2.11. The van der Waals surface area contributed by atoms with Gasteiger partial charge in [-0.2, -0.15) is 13.2 Å². The SMILES string of the molecule is CC(=O)Nc1ccc(NC(=O)Nc2cccc(C(F)(F)F)c2)cc1.Cl. The summed E-state index contributed by atoms with van der Waals surface area (Å²) in [4.78, 5) is 22.7. The van der Waals surface area contributed by atoms with Crippen molar-refractivity contribution in [3.05, 3.63) is 54.1 Å². The van der Waals surface area contributed by atoms with E-state index in [1.807, 2.05) is 0 Å². The smallest absolute Gasteiger partial charge is 0.326 e. The number of halogens is 4. The molecule has 2 aromatic rings. The first-order valence-corrected chi connectivity index (χ1v) is 6.87. The van der Waals surface area contributed by atoms with E-state index in [0.717, 1.165) is 12.1 Å². The molecule has 0 fully saturated rings. The van der Waals surface area contributed by atoms with Crippen LogP contribution in [0.2, 0.25) is 0 Å². The maximum absolute atomic E-state index is 12.6. The van der Waals surface area contributed by atoms with Gasteiger partial charge in [0.05, 0.1) is 5.56 Å². The first kappa shape index (κ1) is 20.3. The van der Waals surface area contributed by atoms with Gasteiger partial charge in [-0.05, 0) is 42.5 Å². The normalized spacial score (nSPS) is 10.4. The highest BCUT2D eigenvalue weighted by molar-refractivity contribution is 6.00. The molecule has 134 valence electrons. The average molecular weight is 374 g/mol. The third-order valence-corrected chi connectivity index (χ3v) is 2.91. The van der Waals surface area contributed by atoms with Crippen LogP contribution < -0.4 is 16.0 Å². The van der Waals surface area contributed by atoms with E-state index in [1.54, 1.807) is 24.3 Å². The summed E-state index contributed by atoms with van der Waals surface area (Å²) in [5.41, 5.74) is 0.164. The van der Waals surface area contributed by atoms with E-state index in [0.29, 0.717) is 11.4 Å². The van der Waals surface area contributed by atoms with Crippen LogP contribution in [0.25, 0.3) is 0 Å². The molecule has 0 bridgehead atoms. The number of hydrogen-bond donors (Lipinski definition) is 3. The highest BCUT2D eigenvalue weighted by Crippen LogP contribution is 2.30. The van der Waals surface area contributed by atoms with E-state index >= 15 is 0 Å². The van der Waals surface area contributed by atoms with E-state index in [4.69, 9.17) is 0 Å². The lowest BCUT2D eigenvalue weighted by Crippen LogP contribution is -2.19. The predicted octanol–water partition coefficient (Wildman–Crippen LogP) is 4.73. The molecule has 9 heteroatoms. The van der Waals surface area contributed by atoms with Crippen LogP contribution in [0.1, 0.15) is 12.5 Å². The van der Waals surface area contributed by atoms with Crippen molar-refractivity contribution in [2.75, 3.05) is 16.0 Å². The van der Waals surface area contributed by atoms with Gasteiger partial charge in [-0.1, -0.05) is 6.07 Å². The Morgan fingerprint density at radius 3 is 1.88 bits per heavy atom. The second-order valence-corrected chi connectivity index (χ2v) is 4.92. The molecule has 5 nitrogen and oxygen atoms in total. The minimum absolute atomic E-state index is 0. The molecule has 3 N–H and O–H groups in total. The van der Waals surface area contributed by atoms with E-state index in [-0.39, 0.29) is 24.0 Å². The van der Waals surface area contributed by atoms with Crippen LogP contribution in [-0.2, 0) is 11.0 Å². The maximum atomic E-state index is 12.6. The van der Waals surface area contributed by atoms with E-state index < -0.39 is 17.8 Å². The van der Waals surface area contributed by atoms with Crippen LogP contribution >= 0.6 is 12.4 Å². The van der Waals surface area contributed by atoms with Gasteiger partial charge < -0.3 is 16.0 Å². The van der Waals surface area contributed by atoms with Crippen LogP contribution in [0.15, 0.2) is 48.5 Å². The Kier molecular flexibility index (Phi) is 6.81. The fourth-order valence-electron chi connectivity index (χ4n) is 1.91. The average Bonchev–Trinajstić information content (AvgIpc) is 2.48. The molecule has 0 radical (unpaired) electrons. The molecule has 2 aromatic carbocycles.